The zero-order valence-electron chi connectivity index (χ0n) is 9.25. The molecule has 0 atom stereocenters. The highest BCUT2D eigenvalue weighted by Gasteiger charge is 2.07. The van der Waals surface area contributed by atoms with Crippen LogP contribution < -0.4 is 11.1 Å². The average molecular weight is 229 g/mol. The fraction of sp³-hybridized carbons (Fsp3) is 0.200. The molecule has 0 unspecified atom stereocenters. The molecule has 2 rings (SSSR count). The lowest BCUT2D eigenvalue weighted by Crippen LogP contribution is -2.09. The Kier molecular flexibility index (Phi) is 2.87. The minimum atomic E-state index is 0.345. The van der Waals surface area contributed by atoms with Gasteiger partial charge in [-0.25, -0.2) is 4.98 Å². The maximum Gasteiger partial charge on any atom is 0.151 e. The van der Waals surface area contributed by atoms with Crippen LogP contribution in [0.3, 0.4) is 0 Å². The van der Waals surface area contributed by atoms with Crippen LogP contribution in [0.25, 0.3) is 0 Å². The molecule has 0 spiro atoms. The Morgan fingerprint density at radius 1 is 1.59 bits per heavy atom. The Hall–Kier alpha value is -2.62. The second-order valence-electron chi connectivity index (χ2n) is 3.44. The molecular formula is C10H11N7. The molecule has 17 heavy (non-hydrogen) atoms. The second-order valence-corrected chi connectivity index (χ2v) is 3.44. The van der Waals surface area contributed by atoms with Crippen molar-refractivity contribution in [2.24, 2.45) is 7.05 Å². The standard InChI is InChI=1S/C10H11N7/c1-17-6-15-16-8(17)5-14-10-9(12)7(4-11)2-3-13-10/h2-3,6H,5,12H2,1H3,(H,13,14). The van der Waals surface area contributed by atoms with Gasteiger partial charge in [-0.3, -0.25) is 0 Å². The van der Waals surface area contributed by atoms with Gasteiger partial charge in [-0.05, 0) is 6.07 Å². The summed E-state index contributed by atoms with van der Waals surface area (Å²) < 4.78 is 1.79. The van der Waals surface area contributed by atoms with E-state index in [2.05, 4.69) is 20.5 Å². The Morgan fingerprint density at radius 3 is 3.06 bits per heavy atom. The monoisotopic (exact) mass is 229 g/mol. The van der Waals surface area contributed by atoms with Crippen molar-refractivity contribution in [1.29, 1.82) is 5.26 Å². The van der Waals surface area contributed by atoms with E-state index in [1.165, 1.54) is 6.20 Å². The SMILES string of the molecule is Cn1cnnc1CNc1nccc(C#N)c1N. The number of nitrogens with two attached hydrogens (primary N) is 1. The quantitative estimate of drug-likeness (QED) is 0.782. The molecule has 2 heterocycles. The summed E-state index contributed by atoms with van der Waals surface area (Å²) in [7, 11) is 1.85. The Labute approximate surface area is 97.9 Å². The van der Waals surface area contributed by atoms with Gasteiger partial charge < -0.3 is 15.6 Å². The normalized spacial score (nSPS) is 9.88. The lowest BCUT2D eigenvalue weighted by atomic mass is 10.2. The highest BCUT2D eigenvalue weighted by molar-refractivity contribution is 5.68. The maximum atomic E-state index is 8.83. The number of hydrogen-bond acceptors (Lipinski definition) is 6. The van der Waals surface area contributed by atoms with Crippen molar-refractivity contribution in [1.82, 2.24) is 19.7 Å². The summed E-state index contributed by atoms with van der Waals surface area (Å²) in [6.07, 6.45) is 3.15. The van der Waals surface area contributed by atoms with E-state index < -0.39 is 0 Å². The number of aromatic nitrogens is 4. The van der Waals surface area contributed by atoms with Crippen LogP contribution in [0, 0.1) is 11.3 Å². The molecule has 2 aromatic heterocycles. The maximum absolute atomic E-state index is 8.83. The first-order valence-corrected chi connectivity index (χ1v) is 4.93. The number of aryl methyl sites for hydroxylation is 1. The average Bonchev–Trinajstić information content (AvgIpc) is 2.74. The highest BCUT2D eigenvalue weighted by Crippen LogP contribution is 2.19. The summed E-state index contributed by atoms with van der Waals surface area (Å²) in [6, 6.07) is 3.57. The number of hydrogen-bond donors (Lipinski definition) is 2. The van der Waals surface area contributed by atoms with E-state index in [9.17, 15) is 0 Å². The van der Waals surface area contributed by atoms with Crippen molar-refractivity contribution in [3.8, 4) is 6.07 Å². The van der Waals surface area contributed by atoms with Gasteiger partial charge in [0.1, 0.15) is 12.4 Å². The molecule has 7 heteroatoms. The number of anilines is 2. The molecule has 3 N–H and O–H groups in total. The van der Waals surface area contributed by atoms with Crippen LogP contribution in [0.5, 0.6) is 0 Å². The van der Waals surface area contributed by atoms with E-state index >= 15 is 0 Å². The molecule has 0 saturated heterocycles. The smallest absolute Gasteiger partial charge is 0.151 e. The Morgan fingerprint density at radius 2 is 2.41 bits per heavy atom. The van der Waals surface area contributed by atoms with Gasteiger partial charge in [-0.1, -0.05) is 0 Å². The molecule has 0 aliphatic carbocycles. The van der Waals surface area contributed by atoms with Gasteiger partial charge in [0.15, 0.2) is 11.6 Å². The molecule has 0 aliphatic heterocycles. The molecule has 2 aromatic rings. The van der Waals surface area contributed by atoms with Crippen LogP contribution in [-0.2, 0) is 13.6 Å². The summed E-state index contributed by atoms with van der Waals surface area (Å²) in [5, 5.41) is 19.5. The van der Waals surface area contributed by atoms with Crippen molar-refractivity contribution in [2.75, 3.05) is 11.1 Å². The third-order valence-corrected chi connectivity index (χ3v) is 2.33. The third kappa shape index (κ3) is 2.15. The first kappa shape index (κ1) is 10.9. The van der Waals surface area contributed by atoms with Crippen LogP contribution in [0.15, 0.2) is 18.6 Å². The molecule has 86 valence electrons. The van der Waals surface area contributed by atoms with Crippen LogP contribution in [0.1, 0.15) is 11.4 Å². The predicted molar refractivity (Wildman–Crippen MR) is 61.7 cm³/mol. The van der Waals surface area contributed by atoms with Crippen molar-refractivity contribution >= 4 is 11.5 Å². The molecule has 0 aliphatic rings. The first-order chi connectivity index (χ1) is 8.22. The zero-order valence-corrected chi connectivity index (χ0v) is 9.25. The van der Waals surface area contributed by atoms with Crippen molar-refractivity contribution in [3.63, 3.8) is 0 Å². The number of pyridine rings is 1. The Balaban J connectivity index is 2.15. The van der Waals surface area contributed by atoms with E-state index in [0.717, 1.165) is 5.82 Å². The van der Waals surface area contributed by atoms with Gasteiger partial charge in [-0.15, -0.1) is 10.2 Å². The van der Waals surface area contributed by atoms with Gasteiger partial charge in [0.25, 0.3) is 0 Å². The number of nitrogens with one attached hydrogen (secondary N) is 1. The molecule has 0 bridgehead atoms. The van der Waals surface area contributed by atoms with Gasteiger partial charge >= 0.3 is 0 Å². The van der Waals surface area contributed by atoms with Crippen LogP contribution in [0.4, 0.5) is 11.5 Å². The minimum Gasteiger partial charge on any atom is -0.395 e. The van der Waals surface area contributed by atoms with E-state index in [4.69, 9.17) is 11.0 Å². The molecular weight excluding hydrogens is 218 g/mol. The molecule has 7 nitrogen and oxygen atoms in total. The van der Waals surface area contributed by atoms with E-state index in [0.29, 0.717) is 23.6 Å². The number of nitriles is 1. The molecule has 0 amide bonds. The zero-order chi connectivity index (χ0) is 12.3. The lowest BCUT2D eigenvalue weighted by Gasteiger charge is -2.08. The van der Waals surface area contributed by atoms with Gasteiger partial charge in [0, 0.05) is 13.2 Å². The summed E-state index contributed by atoms with van der Waals surface area (Å²) in [6.45, 7) is 0.447. The molecule has 0 radical (unpaired) electrons. The second kappa shape index (κ2) is 4.49. The summed E-state index contributed by atoms with van der Waals surface area (Å²) >= 11 is 0. The van der Waals surface area contributed by atoms with Crippen molar-refractivity contribution < 1.29 is 0 Å². The van der Waals surface area contributed by atoms with Gasteiger partial charge in [0.2, 0.25) is 0 Å². The van der Waals surface area contributed by atoms with Crippen LogP contribution in [-0.4, -0.2) is 19.7 Å². The van der Waals surface area contributed by atoms with Crippen molar-refractivity contribution in [2.45, 2.75) is 6.54 Å². The summed E-state index contributed by atoms with van der Waals surface area (Å²) in [5.41, 5.74) is 6.53. The number of nitrogen functional groups attached to an aromatic ring is 1. The van der Waals surface area contributed by atoms with Crippen LogP contribution in [0.2, 0.25) is 0 Å². The minimum absolute atomic E-state index is 0.345. The van der Waals surface area contributed by atoms with E-state index in [-0.39, 0.29) is 0 Å². The largest absolute Gasteiger partial charge is 0.395 e. The molecule has 0 saturated carbocycles. The first-order valence-electron chi connectivity index (χ1n) is 4.93. The third-order valence-electron chi connectivity index (χ3n) is 2.33. The molecule has 0 aromatic carbocycles. The topological polar surface area (TPSA) is 105 Å². The number of rotatable bonds is 3. The van der Waals surface area contributed by atoms with Crippen LogP contribution >= 0.6 is 0 Å². The van der Waals surface area contributed by atoms with Crippen molar-refractivity contribution in [3.05, 3.63) is 30.0 Å². The molecule has 0 fully saturated rings. The van der Waals surface area contributed by atoms with E-state index in [1.54, 1.807) is 17.0 Å². The lowest BCUT2D eigenvalue weighted by molar-refractivity contribution is 0.810. The summed E-state index contributed by atoms with van der Waals surface area (Å²) in [4.78, 5) is 4.07. The van der Waals surface area contributed by atoms with E-state index in [1.807, 2.05) is 13.1 Å². The fourth-order valence-corrected chi connectivity index (χ4v) is 1.34. The van der Waals surface area contributed by atoms with Gasteiger partial charge in [-0.2, -0.15) is 5.26 Å². The predicted octanol–water partition coefficient (Wildman–Crippen LogP) is 0.276. The number of nitrogens with zero attached hydrogens (tertiary/aromatic N) is 5. The fourth-order valence-electron chi connectivity index (χ4n) is 1.34. The van der Waals surface area contributed by atoms with Gasteiger partial charge in [0.05, 0.1) is 17.8 Å². The summed E-state index contributed by atoms with van der Waals surface area (Å²) in [5.74, 6) is 1.24. The highest BCUT2D eigenvalue weighted by atomic mass is 15.3. The Bertz CT molecular complexity index is 566.